The molecule has 0 unspecified atom stereocenters. The smallest absolute Gasteiger partial charge is 0.321 e. The lowest BCUT2D eigenvalue weighted by atomic mass is 10.2. The first-order chi connectivity index (χ1) is 7.65. The summed E-state index contributed by atoms with van der Waals surface area (Å²) in [6.45, 7) is 3.96. The minimum Gasteiger partial charge on any atom is -0.423 e. The van der Waals surface area contributed by atoms with E-state index in [4.69, 9.17) is 4.74 Å². The first-order valence-electron chi connectivity index (χ1n) is 4.88. The molecule has 82 valence electrons. The van der Waals surface area contributed by atoms with Gasteiger partial charge in [0.15, 0.2) is 0 Å². The Morgan fingerprint density at radius 3 is 2.38 bits per heavy atom. The molecule has 0 aliphatic rings. The van der Waals surface area contributed by atoms with E-state index in [0.29, 0.717) is 6.01 Å². The van der Waals surface area contributed by atoms with Crippen LogP contribution in [0.5, 0.6) is 11.8 Å². The lowest BCUT2D eigenvalue weighted by molar-refractivity contribution is 0.438. The van der Waals surface area contributed by atoms with Crippen molar-refractivity contribution in [1.29, 1.82) is 0 Å². The fourth-order valence-electron chi connectivity index (χ4n) is 1.22. The molecule has 0 atom stereocenters. The van der Waals surface area contributed by atoms with Gasteiger partial charge in [0.05, 0.1) is 4.47 Å². The van der Waals surface area contributed by atoms with Crippen molar-refractivity contribution in [2.45, 2.75) is 13.8 Å². The van der Waals surface area contributed by atoms with Crippen LogP contribution in [-0.4, -0.2) is 9.97 Å². The molecule has 0 saturated heterocycles. The molecular weight excluding hydrogens is 268 g/mol. The maximum atomic E-state index is 5.55. The largest absolute Gasteiger partial charge is 0.423 e. The van der Waals surface area contributed by atoms with Crippen LogP contribution in [0, 0.1) is 13.8 Å². The van der Waals surface area contributed by atoms with Gasteiger partial charge >= 0.3 is 6.01 Å². The van der Waals surface area contributed by atoms with Crippen molar-refractivity contribution in [3.63, 3.8) is 0 Å². The molecule has 1 heterocycles. The normalized spacial score (nSPS) is 10.2. The average molecular weight is 279 g/mol. The van der Waals surface area contributed by atoms with Gasteiger partial charge in [0.25, 0.3) is 0 Å². The summed E-state index contributed by atoms with van der Waals surface area (Å²) in [5.74, 6) is 0.717. The molecule has 0 bridgehead atoms. The Morgan fingerprint density at radius 2 is 1.75 bits per heavy atom. The Labute approximate surface area is 103 Å². The summed E-state index contributed by atoms with van der Waals surface area (Å²) in [5, 5.41) is 0. The molecule has 0 radical (unpaired) electrons. The van der Waals surface area contributed by atoms with Crippen LogP contribution in [-0.2, 0) is 0 Å². The number of hydrogen-bond donors (Lipinski definition) is 0. The maximum Gasteiger partial charge on any atom is 0.321 e. The second-order valence-electron chi connectivity index (χ2n) is 3.58. The Balaban J connectivity index is 2.23. The molecule has 4 heteroatoms. The molecule has 0 fully saturated rings. The summed E-state index contributed by atoms with van der Waals surface area (Å²) in [6.07, 6.45) is 3.45. The third-order valence-electron chi connectivity index (χ3n) is 2.05. The molecule has 0 aliphatic heterocycles. The predicted molar refractivity (Wildman–Crippen MR) is 65.7 cm³/mol. The van der Waals surface area contributed by atoms with Gasteiger partial charge in [-0.2, -0.15) is 0 Å². The van der Waals surface area contributed by atoms with Crippen molar-refractivity contribution in [3.8, 4) is 11.8 Å². The highest BCUT2D eigenvalue weighted by atomic mass is 79.9. The molecule has 2 aromatic rings. The fraction of sp³-hybridized carbons (Fsp3) is 0.167. The molecule has 2 rings (SSSR count). The summed E-state index contributed by atoms with van der Waals surface area (Å²) in [4.78, 5) is 8.17. The summed E-state index contributed by atoms with van der Waals surface area (Å²) < 4.78 is 6.45. The summed E-state index contributed by atoms with van der Waals surface area (Å²) >= 11 is 3.44. The zero-order valence-corrected chi connectivity index (χ0v) is 10.7. The van der Waals surface area contributed by atoms with Gasteiger partial charge < -0.3 is 4.74 Å². The minimum atomic E-state index is 0.357. The SMILES string of the molecule is Cc1cnc(Oc2ccc(C)cc2Br)nc1. The third-order valence-corrected chi connectivity index (χ3v) is 2.67. The Kier molecular flexibility index (Phi) is 3.19. The van der Waals surface area contributed by atoms with Gasteiger partial charge in [-0.3, -0.25) is 0 Å². The number of rotatable bonds is 2. The molecule has 1 aromatic carbocycles. The van der Waals surface area contributed by atoms with Gasteiger partial charge in [0.1, 0.15) is 5.75 Å². The van der Waals surface area contributed by atoms with Crippen LogP contribution in [0.1, 0.15) is 11.1 Å². The van der Waals surface area contributed by atoms with Crippen LogP contribution in [0.3, 0.4) is 0 Å². The minimum absolute atomic E-state index is 0.357. The van der Waals surface area contributed by atoms with E-state index in [1.165, 1.54) is 5.56 Å². The monoisotopic (exact) mass is 278 g/mol. The number of benzene rings is 1. The molecule has 3 nitrogen and oxygen atoms in total. The Morgan fingerprint density at radius 1 is 1.06 bits per heavy atom. The summed E-state index contributed by atoms with van der Waals surface area (Å²) in [5.41, 5.74) is 2.18. The summed E-state index contributed by atoms with van der Waals surface area (Å²) in [6, 6.07) is 6.22. The highest BCUT2D eigenvalue weighted by Crippen LogP contribution is 2.28. The van der Waals surface area contributed by atoms with Gasteiger partial charge in [0.2, 0.25) is 0 Å². The zero-order chi connectivity index (χ0) is 11.5. The number of hydrogen-bond acceptors (Lipinski definition) is 3. The first kappa shape index (κ1) is 11.1. The molecule has 16 heavy (non-hydrogen) atoms. The van der Waals surface area contributed by atoms with E-state index in [0.717, 1.165) is 15.8 Å². The molecule has 0 amide bonds. The number of nitrogens with zero attached hydrogens (tertiary/aromatic N) is 2. The third kappa shape index (κ3) is 2.58. The van der Waals surface area contributed by atoms with E-state index < -0.39 is 0 Å². The second-order valence-corrected chi connectivity index (χ2v) is 4.43. The predicted octanol–water partition coefficient (Wildman–Crippen LogP) is 3.65. The van der Waals surface area contributed by atoms with Gasteiger partial charge in [-0.1, -0.05) is 6.07 Å². The Bertz CT molecular complexity index is 497. The van der Waals surface area contributed by atoms with E-state index in [1.54, 1.807) is 12.4 Å². The van der Waals surface area contributed by atoms with E-state index in [9.17, 15) is 0 Å². The van der Waals surface area contributed by atoms with Crippen LogP contribution in [0.4, 0.5) is 0 Å². The quantitative estimate of drug-likeness (QED) is 0.841. The van der Waals surface area contributed by atoms with Gasteiger partial charge in [-0.15, -0.1) is 0 Å². The second kappa shape index (κ2) is 4.61. The number of halogens is 1. The molecular formula is C12H11BrN2O. The van der Waals surface area contributed by atoms with Crippen LogP contribution in [0.15, 0.2) is 35.1 Å². The number of aromatic nitrogens is 2. The van der Waals surface area contributed by atoms with Crippen molar-refractivity contribution < 1.29 is 4.74 Å². The van der Waals surface area contributed by atoms with Crippen molar-refractivity contribution in [2.24, 2.45) is 0 Å². The standard InChI is InChI=1S/C12H11BrN2O/c1-8-3-4-11(10(13)5-8)16-12-14-6-9(2)7-15-12/h3-7H,1-2H3. The van der Waals surface area contributed by atoms with Crippen molar-refractivity contribution in [1.82, 2.24) is 9.97 Å². The Hall–Kier alpha value is -1.42. The lowest BCUT2D eigenvalue weighted by Crippen LogP contribution is -1.92. The highest BCUT2D eigenvalue weighted by molar-refractivity contribution is 9.10. The van der Waals surface area contributed by atoms with Gasteiger partial charge in [-0.25, -0.2) is 9.97 Å². The lowest BCUT2D eigenvalue weighted by Gasteiger charge is -2.06. The van der Waals surface area contributed by atoms with E-state index in [1.807, 2.05) is 32.0 Å². The van der Waals surface area contributed by atoms with Crippen LogP contribution >= 0.6 is 15.9 Å². The van der Waals surface area contributed by atoms with Gasteiger partial charge in [-0.05, 0) is 53.0 Å². The number of aryl methyl sites for hydroxylation is 2. The van der Waals surface area contributed by atoms with E-state index in [-0.39, 0.29) is 0 Å². The maximum absolute atomic E-state index is 5.55. The van der Waals surface area contributed by atoms with Crippen LogP contribution in [0.25, 0.3) is 0 Å². The molecule has 0 spiro atoms. The van der Waals surface area contributed by atoms with E-state index in [2.05, 4.69) is 25.9 Å². The molecule has 0 N–H and O–H groups in total. The highest BCUT2D eigenvalue weighted by Gasteiger charge is 2.04. The molecule has 0 aliphatic carbocycles. The molecule has 0 saturated carbocycles. The summed E-state index contributed by atoms with van der Waals surface area (Å²) in [7, 11) is 0. The van der Waals surface area contributed by atoms with Crippen molar-refractivity contribution >= 4 is 15.9 Å². The van der Waals surface area contributed by atoms with Crippen LogP contribution in [0.2, 0.25) is 0 Å². The average Bonchev–Trinajstić information content (AvgIpc) is 2.25. The zero-order valence-electron chi connectivity index (χ0n) is 9.07. The van der Waals surface area contributed by atoms with Crippen molar-refractivity contribution in [3.05, 3.63) is 46.2 Å². The fourth-order valence-corrected chi connectivity index (χ4v) is 1.79. The molecule has 1 aromatic heterocycles. The van der Waals surface area contributed by atoms with E-state index >= 15 is 0 Å². The first-order valence-corrected chi connectivity index (χ1v) is 5.67. The number of ether oxygens (including phenoxy) is 1. The topological polar surface area (TPSA) is 35.0 Å². The van der Waals surface area contributed by atoms with Crippen molar-refractivity contribution in [2.75, 3.05) is 0 Å². The van der Waals surface area contributed by atoms with Gasteiger partial charge in [0, 0.05) is 12.4 Å². The van der Waals surface area contributed by atoms with Crippen LogP contribution < -0.4 is 4.74 Å².